The van der Waals surface area contributed by atoms with Gasteiger partial charge in [-0.2, -0.15) is 0 Å². The van der Waals surface area contributed by atoms with E-state index in [-0.39, 0.29) is 25.4 Å². The lowest BCUT2D eigenvalue weighted by atomic mass is 9.71. The monoisotopic (exact) mass is 526 g/mol. The molecule has 2 saturated heterocycles. The average molecular weight is 527 g/mol. The summed E-state index contributed by atoms with van der Waals surface area (Å²) in [5.74, 6) is 0. The van der Waals surface area contributed by atoms with Gasteiger partial charge in [0.1, 0.15) is 5.60 Å². The van der Waals surface area contributed by atoms with Crippen molar-refractivity contribution in [2.75, 3.05) is 13.2 Å². The average Bonchev–Trinajstić information content (AvgIpc) is 2.92. The van der Waals surface area contributed by atoms with Crippen LogP contribution in [0.4, 0.5) is 0 Å². The molecule has 0 aromatic heterocycles. The number of nitrogens with zero attached hydrogens (tertiary/aromatic N) is 2. The Balaban J connectivity index is 2.10. The Morgan fingerprint density at radius 1 is 0.595 bits per heavy atom. The van der Waals surface area contributed by atoms with Crippen LogP contribution in [0.15, 0.2) is 0 Å². The topological polar surface area (TPSA) is 85.0 Å². The van der Waals surface area contributed by atoms with Crippen LogP contribution in [0.25, 0.3) is 0 Å². The summed E-state index contributed by atoms with van der Waals surface area (Å²) in [4.78, 5) is 0. The first-order valence-corrected chi connectivity index (χ1v) is 15.3. The fourth-order valence-corrected chi connectivity index (χ4v) is 7.35. The van der Waals surface area contributed by atoms with Gasteiger partial charge < -0.3 is 14.6 Å². The second kappa shape index (κ2) is 12.9. The summed E-state index contributed by atoms with van der Waals surface area (Å²) in [6.07, 6.45) is 8.95. The molecule has 37 heavy (non-hydrogen) atoms. The van der Waals surface area contributed by atoms with Crippen molar-refractivity contribution < 1.29 is 25.0 Å². The van der Waals surface area contributed by atoms with E-state index in [0.29, 0.717) is 25.7 Å². The molecule has 0 aromatic rings. The molecule has 7 nitrogen and oxygen atoms in total. The zero-order valence-electron chi connectivity index (χ0n) is 25.5. The summed E-state index contributed by atoms with van der Waals surface area (Å²) >= 11 is 0. The van der Waals surface area contributed by atoms with Crippen LogP contribution in [0, 0.1) is 0 Å². The van der Waals surface area contributed by atoms with E-state index in [1.807, 2.05) is 0 Å². The largest absolute Gasteiger partial charge is 0.385 e. The smallest absolute Gasteiger partial charge is 0.108 e. The summed E-state index contributed by atoms with van der Waals surface area (Å²) in [6, 6.07) is 0. The molecule has 2 heterocycles. The highest BCUT2D eigenvalue weighted by Gasteiger charge is 2.54. The van der Waals surface area contributed by atoms with E-state index < -0.39 is 27.8 Å². The van der Waals surface area contributed by atoms with Crippen LogP contribution >= 0.6 is 0 Å². The summed E-state index contributed by atoms with van der Waals surface area (Å²) in [5, 5.41) is 41.1. The first-order valence-electron chi connectivity index (χ1n) is 15.3. The van der Waals surface area contributed by atoms with Crippen LogP contribution in [0.3, 0.4) is 0 Å². The molecular weight excluding hydrogens is 468 g/mol. The molecule has 218 valence electrons. The Morgan fingerprint density at radius 2 is 0.811 bits per heavy atom. The second-order valence-electron chi connectivity index (χ2n) is 12.5. The predicted molar refractivity (Wildman–Crippen MR) is 147 cm³/mol. The van der Waals surface area contributed by atoms with Crippen LogP contribution in [-0.2, 0) is 19.9 Å². The minimum Gasteiger partial charge on any atom is -0.385 e. The highest BCUT2D eigenvalue weighted by Crippen LogP contribution is 2.47. The Kier molecular flexibility index (Phi) is 11.5. The molecule has 0 amide bonds. The van der Waals surface area contributed by atoms with Gasteiger partial charge in [-0.25, -0.2) is 0 Å². The molecule has 0 bridgehead atoms. The number of hydroxylamine groups is 4. The van der Waals surface area contributed by atoms with Gasteiger partial charge in [-0.3, -0.25) is 0 Å². The van der Waals surface area contributed by atoms with Crippen molar-refractivity contribution in [2.45, 2.75) is 179 Å². The third kappa shape index (κ3) is 6.39. The van der Waals surface area contributed by atoms with Crippen molar-refractivity contribution in [3.05, 3.63) is 0 Å². The lowest BCUT2D eigenvalue weighted by molar-refractivity contribution is -0.326. The van der Waals surface area contributed by atoms with Gasteiger partial charge in [0.2, 0.25) is 0 Å². The van der Waals surface area contributed by atoms with Gasteiger partial charge in [0.25, 0.3) is 0 Å². The van der Waals surface area contributed by atoms with E-state index in [1.54, 1.807) is 6.92 Å². The van der Waals surface area contributed by atoms with Gasteiger partial charge >= 0.3 is 0 Å². The summed E-state index contributed by atoms with van der Waals surface area (Å²) in [6.45, 7) is 18.9. The molecule has 2 aliphatic heterocycles. The molecule has 2 fully saturated rings. The second-order valence-corrected chi connectivity index (χ2v) is 12.5. The standard InChI is InChI=1S/C30H58N2O5/c1-10-27(11-2)18-24(19-28(12-3,13-4)31(27)34)36-22-26(9,33)23-37-25-20-29(14-5,15-6)32(35)30(16-7,17-8)21-25/h24-25,33H,10-23H2,1-9H3. The highest BCUT2D eigenvalue weighted by atomic mass is 16.5. The Hall–Kier alpha value is -0.280. The molecule has 1 N–H and O–H groups in total. The zero-order valence-corrected chi connectivity index (χ0v) is 25.5. The van der Waals surface area contributed by atoms with Gasteiger partial charge in [0, 0.05) is 0 Å². The van der Waals surface area contributed by atoms with Crippen molar-refractivity contribution in [1.29, 1.82) is 0 Å². The minimum absolute atomic E-state index is 0.0687. The molecule has 2 rings (SSSR count). The van der Waals surface area contributed by atoms with Gasteiger partial charge in [0.15, 0.2) is 0 Å². The van der Waals surface area contributed by atoms with Crippen LogP contribution in [0.5, 0.6) is 0 Å². The predicted octanol–water partition coefficient (Wildman–Crippen LogP) is 6.63. The van der Waals surface area contributed by atoms with E-state index >= 15 is 0 Å². The Morgan fingerprint density at radius 3 is 1.00 bits per heavy atom. The number of piperidine rings is 2. The molecule has 7 heteroatoms. The van der Waals surface area contributed by atoms with E-state index in [4.69, 9.17) is 9.47 Å². The van der Waals surface area contributed by atoms with Gasteiger partial charge in [-0.1, -0.05) is 55.4 Å². The fourth-order valence-electron chi connectivity index (χ4n) is 7.35. The van der Waals surface area contributed by atoms with E-state index in [9.17, 15) is 15.5 Å². The minimum atomic E-state index is -1.15. The number of rotatable bonds is 14. The lowest BCUT2D eigenvalue weighted by Crippen LogP contribution is -2.64. The number of hydrogen-bond donors (Lipinski definition) is 1. The maximum Gasteiger partial charge on any atom is 0.108 e. The number of hydrogen-bond acceptors (Lipinski definition) is 5. The first-order chi connectivity index (χ1) is 17.4. The molecule has 2 radical (unpaired) electrons. The van der Waals surface area contributed by atoms with Crippen LogP contribution < -0.4 is 0 Å². The van der Waals surface area contributed by atoms with E-state index in [2.05, 4.69) is 55.4 Å². The van der Waals surface area contributed by atoms with Crippen molar-refractivity contribution in [3.8, 4) is 0 Å². The third-order valence-electron chi connectivity index (χ3n) is 10.7. The molecular formula is C30H58N2O5. The molecule has 0 aromatic carbocycles. The Bertz CT molecular complexity index is 583. The Labute approximate surface area is 227 Å². The van der Waals surface area contributed by atoms with E-state index in [1.165, 1.54) is 10.1 Å². The molecule has 2 aliphatic rings. The third-order valence-corrected chi connectivity index (χ3v) is 10.7. The van der Waals surface area contributed by atoms with Crippen LogP contribution in [0.1, 0.15) is 139 Å². The SMILES string of the molecule is CCC1(CC)CC(OCC(C)(O)COC2CC(CC)(CC)N([O])C(CC)(CC)C2)CC(CC)(CC)N1[O]. The normalized spacial score (nSPS) is 25.0. The number of aliphatic hydroxyl groups is 1. The summed E-state index contributed by atoms with van der Waals surface area (Å²) in [5.41, 5.74) is -2.82. The summed E-state index contributed by atoms with van der Waals surface area (Å²) in [7, 11) is 0. The molecule has 0 saturated carbocycles. The maximum atomic E-state index is 13.5. The molecule has 0 atom stereocenters. The van der Waals surface area contributed by atoms with Crippen molar-refractivity contribution in [2.24, 2.45) is 0 Å². The van der Waals surface area contributed by atoms with Crippen molar-refractivity contribution in [1.82, 2.24) is 10.1 Å². The molecule has 0 spiro atoms. The summed E-state index contributed by atoms with van der Waals surface area (Å²) < 4.78 is 12.8. The highest BCUT2D eigenvalue weighted by molar-refractivity contribution is 5.04. The van der Waals surface area contributed by atoms with Gasteiger partial charge in [-0.15, -0.1) is 20.5 Å². The quantitative estimate of drug-likeness (QED) is 0.275. The lowest BCUT2D eigenvalue weighted by Gasteiger charge is -2.55. The molecule has 0 aliphatic carbocycles. The zero-order chi connectivity index (χ0) is 28.1. The fraction of sp³-hybridized carbons (Fsp3) is 1.00. The van der Waals surface area contributed by atoms with Gasteiger partial charge in [0.05, 0.1) is 47.6 Å². The molecule has 0 unspecified atom stereocenters. The van der Waals surface area contributed by atoms with Crippen LogP contribution in [0.2, 0.25) is 0 Å². The maximum absolute atomic E-state index is 13.5. The van der Waals surface area contributed by atoms with Crippen molar-refractivity contribution >= 4 is 0 Å². The first kappa shape index (κ1) is 32.9. The van der Waals surface area contributed by atoms with Gasteiger partial charge in [-0.05, 0) is 84.0 Å². The van der Waals surface area contributed by atoms with E-state index in [0.717, 1.165) is 51.4 Å². The van der Waals surface area contributed by atoms with Crippen LogP contribution in [-0.4, -0.2) is 68.4 Å². The van der Waals surface area contributed by atoms with Crippen molar-refractivity contribution in [3.63, 3.8) is 0 Å². The number of ether oxygens (including phenoxy) is 2.